The van der Waals surface area contributed by atoms with Crippen LogP contribution >= 0.6 is 24.0 Å². The molecule has 0 bridgehead atoms. The van der Waals surface area contributed by atoms with Gasteiger partial charge in [0.25, 0.3) is 0 Å². The minimum absolute atomic E-state index is 0. The zero-order valence-electron chi connectivity index (χ0n) is 17.2. The smallest absolute Gasteiger partial charge is 0.407 e. The topological polar surface area (TPSA) is 84.0 Å². The summed E-state index contributed by atoms with van der Waals surface area (Å²) >= 11 is 0. The molecular formula is C20H32FIN4O3. The highest BCUT2D eigenvalue weighted by Crippen LogP contribution is 2.32. The number of amides is 1. The van der Waals surface area contributed by atoms with Gasteiger partial charge in [-0.3, -0.25) is 4.99 Å². The van der Waals surface area contributed by atoms with Gasteiger partial charge in [0.05, 0.1) is 25.7 Å². The second kappa shape index (κ2) is 13.4. The quantitative estimate of drug-likeness (QED) is 0.250. The maximum atomic E-state index is 13.7. The fraction of sp³-hybridized carbons (Fsp3) is 0.600. The molecule has 0 radical (unpaired) electrons. The normalized spacial score (nSPS) is 15.5. The molecule has 29 heavy (non-hydrogen) atoms. The molecule has 1 aliphatic carbocycles. The Kier molecular flexibility index (Phi) is 11.7. The number of aliphatic imine (C=N–C) groups is 1. The lowest BCUT2D eigenvalue weighted by atomic mass is 10.2. The van der Waals surface area contributed by atoms with Gasteiger partial charge in [-0.1, -0.05) is 12.1 Å². The SMILES string of the molecule is CCNC(=NCC(NC(=O)OCC)C1CC1)NCC(C)Oc1ccccc1F.I. The van der Waals surface area contributed by atoms with E-state index in [0.717, 1.165) is 12.8 Å². The molecule has 3 N–H and O–H groups in total. The van der Waals surface area contributed by atoms with Gasteiger partial charge in [-0.05, 0) is 51.7 Å². The van der Waals surface area contributed by atoms with Crippen molar-refractivity contribution in [3.63, 3.8) is 0 Å². The molecule has 0 aliphatic heterocycles. The molecule has 2 atom stereocenters. The number of hydrogen-bond acceptors (Lipinski definition) is 4. The summed E-state index contributed by atoms with van der Waals surface area (Å²) in [5, 5.41) is 9.26. The second-order valence-corrected chi connectivity index (χ2v) is 6.77. The molecule has 1 saturated carbocycles. The zero-order valence-corrected chi connectivity index (χ0v) is 19.6. The predicted octanol–water partition coefficient (Wildman–Crippen LogP) is 3.29. The summed E-state index contributed by atoms with van der Waals surface area (Å²) in [5.41, 5.74) is 0. The number of ether oxygens (including phenoxy) is 2. The molecule has 1 aliphatic rings. The summed E-state index contributed by atoms with van der Waals surface area (Å²) in [5.74, 6) is 0.917. The van der Waals surface area contributed by atoms with Gasteiger partial charge in [-0.25, -0.2) is 9.18 Å². The average molecular weight is 522 g/mol. The van der Waals surface area contributed by atoms with Gasteiger partial charge < -0.3 is 25.4 Å². The molecule has 0 saturated heterocycles. The molecule has 2 rings (SSSR count). The number of nitrogens with one attached hydrogen (secondary N) is 3. The van der Waals surface area contributed by atoms with Crippen LogP contribution in [0, 0.1) is 11.7 Å². The predicted molar refractivity (Wildman–Crippen MR) is 123 cm³/mol. The van der Waals surface area contributed by atoms with Gasteiger partial charge in [0, 0.05) is 6.54 Å². The fourth-order valence-corrected chi connectivity index (χ4v) is 2.71. The molecule has 2 unspecified atom stereocenters. The van der Waals surface area contributed by atoms with Crippen molar-refractivity contribution in [2.75, 3.05) is 26.2 Å². The van der Waals surface area contributed by atoms with Crippen LogP contribution in [0.4, 0.5) is 9.18 Å². The number of benzene rings is 1. The minimum atomic E-state index is -0.403. The Hall–Kier alpha value is -1.78. The number of carbonyl (C=O) groups is 1. The first-order chi connectivity index (χ1) is 13.5. The number of hydrogen-bond donors (Lipinski definition) is 3. The lowest BCUT2D eigenvalue weighted by molar-refractivity contribution is 0.147. The third-order valence-electron chi connectivity index (χ3n) is 4.28. The van der Waals surface area contributed by atoms with E-state index in [-0.39, 0.29) is 47.7 Å². The van der Waals surface area contributed by atoms with Crippen LogP contribution in [0.5, 0.6) is 5.75 Å². The molecule has 1 aromatic carbocycles. The van der Waals surface area contributed by atoms with Gasteiger partial charge in [-0.2, -0.15) is 0 Å². The second-order valence-electron chi connectivity index (χ2n) is 6.77. The third-order valence-corrected chi connectivity index (χ3v) is 4.28. The molecule has 0 spiro atoms. The zero-order chi connectivity index (χ0) is 20.4. The Balaban J connectivity index is 0.00000420. The van der Waals surface area contributed by atoms with Crippen molar-refractivity contribution in [1.82, 2.24) is 16.0 Å². The minimum Gasteiger partial charge on any atom is -0.486 e. The van der Waals surface area contributed by atoms with Crippen LogP contribution in [0.1, 0.15) is 33.6 Å². The number of halogens is 2. The Labute approximate surface area is 189 Å². The van der Waals surface area contributed by atoms with Crippen molar-refractivity contribution in [1.29, 1.82) is 0 Å². The molecular weight excluding hydrogens is 490 g/mol. The molecule has 9 heteroatoms. The van der Waals surface area contributed by atoms with Crippen molar-refractivity contribution < 1.29 is 18.7 Å². The molecule has 1 amide bonds. The van der Waals surface area contributed by atoms with Gasteiger partial charge in [-0.15, -0.1) is 24.0 Å². The van der Waals surface area contributed by atoms with Crippen LogP contribution in [-0.2, 0) is 4.74 Å². The summed E-state index contributed by atoms with van der Waals surface area (Å²) in [6.07, 6.45) is 1.52. The summed E-state index contributed by atoms with van der Waals surface area (Å²) in [6, 6.07) is 6.30. The molecule has 0 heterocycles. The summed E-state index contributed by atoms with van der Waals surface area (Å²) < 4.78 is 24.3. The van der Waals surface area contributed by atoms with E-state index in [9.17, 15) is 9.18 Å². The summed E-state index contributed by atoms with van der Waals surface area (Å²) in [7, 11) is 0. The van der Waals surface area contributed by atoms with Crippen molar-refractivity contribution in [3.05, 3.63) is 30.1 Å². The van der Waals surface area contributed by atoms with Gasteiger partial charge in [0.2, 0.25) is 0 Å². The lowest BCUT2D eigenvalue weighted by Crippen LogP contribution is -2.44. The van der Waals surface area contributed by atoms with Crippen molar-refractivity contribution in [2.45, 2.75) is 45.8 Å². The first-order valence-electron chi connectivity index (χ1n) is 9.90. The Morgan fingerprint density at radius 2 is 2.00 bits per heavy atom. The fourth-order valence-electron chi connectivity index (χ4n) is 2.71. The van der Waals surface area contributed by atoms with Crippen LogP contribution in [0.15, 0.2) is 29.3 Å². The van der Waals surface area contributed by atoms with Gasteiger partial charge in [0.1, 0.15) is 6.10 Å². The molecule has 7 nitrogen and oxygen atoms in total. The highest BCUT2D eigenvalue weighted by molar-refractivity contribution is 14.0. The van der Waals surface area contributed by atoms with E-state index in [2.05, 4.69) is 20.9 Å². The Bertz CT molecular complexity index is 658. The highest BCUT2D eigenvalue weighted by Gasteiger charge is 2.32. The van der Waals surface area contributed by atoms with E-state index in [1.165, 1.54) is 6.07 Å². The highest BCUT2D eigenvalue weighted by atomic mass is 127. The Morgan fingerprint density at radius 3 is 2.62 bits per heavy atom. The van der Waals surface area contributed by atoms with Crippen molar-refractivity contribution in [2.24, 2.45) is 10.9 Å². The first-order valence-corrected chi connectivity index (χ1v) is 9.90. The van der Waals surface area contributed by atoms with E-state index in [0.29, 0.717) is 38.1 Å². The lowest BCUT2D eigenvalue weighted by Gasteiger charge is -2.19. The van der Waals surface area contributed by atoms with E-state index < -0.39 is 6.09 Å². The maximum absolute atomic E-state index is 13.7. The van der Waals surface area contributed by atoms with Crippen molar-refractivity contribution >= 4 is 36.0 Å². The van der Waals surface area contributed by atoms with Crippen LogP contribution in [0.2, 0.25) is 0 Å². The van der Waals surface area contributed by atoms with Crippen LogP contribution < -0.4 is 20.7 Å². The number of guanidine groups is 1. The first kappa shape index (κ1) is 25.3. The number of alkyl carbamates (subject to hydrolysis) is 1. The maximum Gasteiger partial charge on any atom is 0.407 e. The number of nitrogens with zero attached hydrogens (tertiary/aromatic N) is 1. The van der Waals surface area contributed by atoms with Crippen molar-refractivity contribution in [3.8, 4) is 5.75 Å². The summed E-state index contributed by atoms with van der Waals surface area (Å²) in [4.78, 5) is 16.3. The average Bonchev–Trinajstić information content (AvgIpc) is 3.50. The van der Waals surface area contributed by atoms with E-state index in [1.54, 1.807) is 25.1 Å². The number of rotatable bonds is 10. The van der Waals surface area contributed by atoms with Gasteiger partial charge in [0.15, 0.2) is 17.5 Å². The number of para-hydroxylation sites is 1. The number of carbonyl (C=O) groups excluding carboxylic acids is 1. The van der Waals surface area contributed by atoms with Crippen LogP contribution in [-0.4, -0.2) is 50.4 Å². The van der Waals surface area contributed by atoms with E-state index in [1.807, 2.05) is 13.8 Å². The van der Waals surface area contributed by atoms with Gasteiger partial charge >= 0.3 is 6.09 Å². The standard InChI is InChI=1S/C20H31FN4O3.HI/c1-4-22-19(23-12-14(3)28-18-9-7-6-8-16(18)21)24-13-17(15-10-11-15)25-20(26)27-5-2;/h6-9,14-15,17H,4-5,10-13H2,1-3H3,(H,25,26)(H2,22,23,24);1H. The van der Waals surface area contributed by atoms with E-state index in [4.69, 9.17) is 9.47 Å². The molecule has 0 aromatic heterocycles. The molecule has 164 valence electrons. The summed E-state index contributed by atoms with van der Waals surface area (Å²) in [6.45, 7) is 7.58. The van der Waals surface area contributed by atoms with Crippen LogP contribution in [0.3, 0.4) is 0 Å². The Morgan fingerprint density at radius 1 is 1.28 bits per heavy atom. The van der Waals surface area contributed by atoms with E-state index >= 15 is 0 Å². The largest absolute Gasteiger partial charge is 0.486 e. The molecule has 1 aromatic rings. The van der Waals surface area contributed by atoms with Crippen LogP contribution in [0.25, 0.3) is 0 Å². The third kappa shape index (κ3) is 9.51. The monoisotopic (exact) mass is 522 g/mol. The molecule has 1 fully saturated rings.